The molecule has 17 heavy (non-hydrogen) atoms. The fourth-order valence-electron chi connectivity index (χ4n) is 1.64. The van der Waals surface area contributed by atoms with E-state index >= 15 is 0 Å². The molecule has 1 fully saturated rings. The Bertz CT molecular complexity index is 388. The van der Waals surface area contributed by atoms with Crippen LogP contribution in [0.3, 0.4) is 0 Å². The van der Waals surface area contributed by atoms with Crippen LogP contribution in [0.1, 0.15) is 24.2 Å². The summed E-state index contributed by atoms with van der Waals surface area (Å²) >= 11 is 0. The van der Waals surface area contributed by atoms with Crippen molar-refractivity contribution in [3.05, 3.63) is 29.6 Å². The van der Waals surface area contributed by atoms with Crippen LogP contribution in [-0.2, 0) is 11.3 Å². The molecule has 2 N–H and O–H groups in total. The molecule has 4 heteroatoms. The summed E-state index contributed by atoms with van der Waals surface area (Å²) in [5.74, 6) is 0.807. The first-order valence-electron chi connectivity index (χ1n) is 6.14. The van der Waals surface area contributed by atoms with E-state index in [1.165, 1.54) is 12.8 Å². The summed E-state index contributed by atoms with van der Waals surface area (Å²) in [6, 6.07) is 5.90. The molecule has 1 aliphatic carbocycles. The molecule has 1 heterocycles. The van der Waals surface area contributed by atoms with Gasteiger partial charge in [0.05, 0.1) is 12.2 Å². The maximum atomic E-state index is 11.4. The molecule has 0 spiro atoms. The Morgan fingerprint density at radius 1 is 1.47 bits per heavy atom. The maximum Gasteiger partial charge on any atom is 0.233 e. The van der Waals surface area contributed by atoms with Crippen molar-refractivity contribution >= 4 is 5.91 Å². The van der Waals surface area contributed by atoms with Crippen LogP contribution in [0.5, 0.6) is 0 Å². The zero-order valence-corrected chi connectivity index (χ0v) is 10.2. The molecule has 0 aromatic carbocycles. The molecule has 1 aliphatic rings. The van der Waals surface area contributed by atoms with Gasteiger partial charge in [0.1, 0.15) is 0 Å². The Morgan fingerprint density at radius 2 is 2.29 bits per heavy atom. The molecule has 92 valence electrons. The predicted molar refractivity (Wildman–Crippen MR) is 66.4 cm³/mol. The first kappa shape index (κ1) is 12.0. The Labute approximate surface area is 102 Å². The van der Waals surface area contributed by atoms with Gasteiger partial charge in [-0.25, -0.2) is 0 Å². The van der Waals surface area contributed by atoms with Gasteiger partial charge in [-0.05, 0) is 37.8 Å². The Hall–Kier alpha value is -1.42. The smallest absolute Gasteiger partial charge is 0.233 e. The van der Waals surface area contributed by atoms with Crippen LogP contribution >= 0.6 is 0 Å². The molecule has 1 aromatic rings. The number of amides is 1. The van der Waals surface area contributed by atoms with Crippen LogP contribution in [0.4, 0.5) is 0 Å². The summed E-state index contributed by atoms with van der Waals surface area (Å²) in [6.07, 6.45) is 2.53. The van der Waals surface area contributed by atoms with Crippen LogP contribution in [0, 0.1) is 12.8 Å². The van der Waals surface area contributed by atoms with Gasteiger partial charge in [0.2, 0.25) is 5.91 Å². The van der Waals surface area contributed by atoms with Crippen LogP contribution < -0.4 is 10.6 Å². The minimum absolute atomic E-state index is 0.0737. The largest absolute Gasteiger partial charge is 0.355 e. The Kier molecular flexibility index (Phi) is 4.09. The summed E-state index contributed by atoms with van der Waals surface area (Å²) in [5, 5.41) is 6.02. The number of rotatable bonds is 6. The number of aromatic nitrogens is 1. The topological polar surface area (TPSA) is 54.0 Å². The van der Waals surface area contributed by atoms with Crippen molar-refractivity contribution in [2.24, 2.45) is 5.92 Å². The van der Waals surface area contributed by atoms with Crippen LogP contribution in [0.15, 0.2) is 18.2 Å². The van der Waals surface area contributed by atoms with Crippen molar-refractivity contribution in [2.75, 3.05) is 13.1 Å². The van der Waals surface area contributed by atoms with E-state index in [2.05, 4.69) is 15.6 Å². The van der Waals surface area contributed by atoms with Gasteiger partial charge in [0, 0.05) is 18.8 Å². The van der Waals surface area contributed by atoms with Gasteiger partial charge in [-0.1, -0.05) is 6.07 Å². The van der Waals surface area contributed by atoms with Crippen molar-refractivity contribution in [1.29, 1.82) is 0 Å². The van der Waals surface area contributed by atoms with Crippen LogP contribution in [-0.4, -0.2) is 24.0 Å². The van der Waals surface area contributed by atoms with Crippen molar-refractivity contribution in [3.8, 4) is 0 Å². The van der Waals surface area contributed by atoms with E-state index in [0.717, 1.165) is 23.9 Å². The quantitative estimate of drug-likeness (QED) is 0.771. The fraction of sp³-hybridized carbons (Fsp3) is 0.538. The minimum atomic E-state index is 0.0737. The van der Waals surface area contributed by atoms with Gasteiger partial charge in [-0.2, -0.15) is 0 Å². The second-order valence-electron chi connectivity index (χ2n) is 4.62. The summed E-state index contributed by atoms with van der Waals surface area (Å²) in [7, 11) is 0. The average Bonchev–Trinajstić information content (AvgIpc) is 3.10. The van der Waals surface area contributed by atoms with Crippen molar-refractivity contribution < 1.29 is 4.79 Å². The number of pyridine rings is 1. The lowest BCUT2D eigenvalue weighted by Crippen LogP contribution is -2.34. The average molecular weight is 233 g/mol. The maximum absolute atomic E-state index is 11.4. The van der Waals surface area contributed by atoms with Gasteiger partial charge in [0.15, 0.2) is 0 Å². The molecule has 0 bridgehead atoms. The van der Waals surface area contributed by atoms with Crippen LogP contribution in [0.2, 0.25) is 0 Å². The number of hydrogen-bond acceptors (Lipinski definition) is 3. The third-order valence-corrected chi connectivity index (χ3v) is 2.82. The lowest BCUT2D eigenvalue weighted by Gasteiger charge is -2.06. The summed E-state index contributed by atoms with van der Waals surface area (Å²) < 4.78 is 0. The standard InChI is InChI=1S/C13H19N3O/c1-10-3-2-4-12(16-10)8-14-9-13(17)15-7-11-5-6-11/h2-4,11,14H,5-9H2,1H3,(H,15,17). The molecular formula is C13H19N3O. The van der Waals surface area contributed by atoms with Gasteiger partial charge in [-0.15, -0.1) is 0 Å². The lowest BCUT2D eigenvalue weighted by molar-refractivity contribution is -0.120. The zero-order valence-electron chi connectivity index (χ0n) is 10.2. The fourth-order valence-corrected chi connectivity index (χ4v) is 1.64. The van der Waals surface area contributed by atoms with E-state index in [1.807, 2.05) is 25.1 Å². The Morgan fingerprint density at radius 3 is 3.00 bits per heavy atom. The first-order valence-corrected chi connectivity index (χ1v) is 6.14. The van der Waals surface area contributed by atoms with E-state index in [9.17, 15) is 4.79 Å². The minimum Gasteiger partial charge on any atom is -0.355 e. The molecule has 1 saturated carbocycles. The van der Waals surface area contributed by atoms with E-state index in [4.69, 9.17) is 0 Å². The normalized spacial score (nSPS) is 14.6. The molecule has 0 radical (unpaired) electrons. The highest BCUT2D eigenvalue weighted by molar-refractivity contribution is 5.77. The van der Waals surface area contributed by atoms with E-state index < -0.39 is 0 Å². The van der Waals surface area contributed by atoms with E-state index in [0.29, 0.717) is 13.1 Å². The SMILES string of the molecule is Cc1cccc(CNCC(=O)NCC2CC2)n1. The third kappa shape index (κ3) is 4.53. The molecule has 0 saturated heterocycles. The molecule has 1 aromatic heterocycles. The molecule has 0 atom stereocenters. The molecule has 1 amide bonds. The predicted octanol–water partition coefficient (Wildman–Crippen LogP) is 1.01. The number of carbonyl (C=O) groups excluding carboxylic acids is 1. The highest BCUT2D eigenvalue weighted by Crippen LogP contribution is 2.27. The Balaban J connectivity index is 1.62. The van der Waals surface area contributed by atoms with Gasteiger partial charge < -0.3 is 10.6 Å². The highest BCUT2D eigenvalue weighted by Gasteiger charge is 2.21. The molecule has 0 unspecified atom stereocenters. The molecule has 0 aliphatic heterocycles. The zero-order chi connectivity index (χ0) is 12.1. The lowest BCUT2D eigenvalue weighted by atomic mass is 10.3. The summed E-state index contributed by atoms with van der Waals surface area (Å²) in [4.78, 5) is 15.8. The number of nitrogens with zero attached hydrogens (tertiary/aromatic N) is 1. The summed E-state index contributed by atoms with van der Waals surface area (Å²) in [6.45, 7) is 3.80. The molecular weight excluding hydrogens is 214 g/mol. The van der Waals surface area contributed by atoms with Gasteiger partial charge >= 0.3 is 0 Å². The van der Waals surface area contributed by atoms with Crippen LogP contribution in [0.25, 0.3) is 0 Å². The van der Waals surface area contributed by atoms with Gasteiger partial charge in [0.25, 0.3) is 0 Å². The van der Waals surface area contributed by atoms with Crippen molar-refractivity contribution in [2.45, 2.75) is 26.3 Å². The third-order valence-electron chi connectivity index (χ3n) is 2.82. The molecule has 4 nitrogen and oxygen atoms in total. The van der Waals surface area contributed by atoms with E-state index in [-0.39, 0.29) is 5.91 Å². The highest BCUT2D eigenvalue weighted by atomic mass is 16.1. The number of nitrogens with one attached hydrogen (secondary N) is 2. The summed E-state index contributed by atoms with van der Waals surface area (Å²) in [5.41, 5.74) is 1.97. The molecule has 2 rings (SSSR count). The first-order chi connectivity index (χ1) is 8.24. The second-order valence-corrected chi connectivity index (χ2v) is 4.62. The second kappa shape index (κ2) is 5.77. The van der Waals surface area contributed by atoms with Crippen molar-refractivity contribution in [1.82, 2.24) is 15.6 Å². The number of hydrogen-bond donors (Lipinski definition) is 2. The van der Waals surface area contributed by atoms with Gasteiger partial charge in [-0.3, -0.25) is 9.78 Å². The number of aryl methyl sites for hydroxylation is 1. The monoisotopic (exact) mass is 233 g/mol. The number of carbonyl (C=O) groups is 1. The van der Waals surface area contributed by atoms with Crippen molar-refractivity contribution in [3.63, 3.8) is 0 Å². The van der Waals surface area contributed by atoms with E-state index in [1.54, 1.807) is 0 Å².